The Morgan fingerprint density at radius 2 is 1.87 bits per heavy atom. The van der Waals surface area contributed by atoms with Crippen LogP contribution >= 0.6 is 11.3 Å². The maximum absolute atomic E-state index is 12.6. The zero-order chi connectivity index (χ0) is 16.6. The molecular weight excluding hydrogens is 330 g/mol. The van der Waals surface area contributed by atoms with Crippen molar-refractivity contribution in [1.29, 1.82) is 0 Å². The number of fused-ring (bicyclic) bond motifs is 1. The van der Waals surface area contributed by atoms with E-state index in [9.17, 15) is 13.2 Å². The highest BCUT2D eigenvalue weighted by atomic mass is 32.2. The minimum Gasteiger partial charge on any atom is -0.334 e. The van der Waals surface area contributed by atoms with E-state index < -0.39 is 15.1 Å². The van der Waals surface area contributed by atoms with Crippen molar-refractivity contribution in [3.63, 3.8) is 0 Å². The normalized spacial score (nSPS) is 14.8. The van der Waals surface area contributed by atoms with Crippen molar-refractivity contribution < 1.29 is 13.2 Å². The molecule has 6 heteroatoms. The third kappa shape index (κ3) is 3.05. The van der Waals surface area contributed by atoms with Crippen LogP contribution in [0.15, 0.2) is 40.6 Å². The van der Waals surface area contributed by atoms with Crippen molar-refractivity contribution in [3.05, 3.63) is 51.7 Å². The fourth-order valence-corrected chi connectivity index (χ4v) is 4.61. The largest absolute Gasteiger partial charge is 0.334 e. The molecule has 122 valence electrons. The fraction of sp³-hybridized carbons (Fsp3) is 0.353. The Hall–Kier alpha value is -1.66. The zero-order valence-electron chi connectivity index (χ0n) is 13.2. The summed E-state index contributed by atoms with van der Waals surface area (Å²) in [7, 11) is -3.30. The first-order chi connectivity index (χ1) is 10.9. The van der Waals surface area contributed by atoms with E-state index in [0.29, 0.717) is 18.7 Å². The van der Waals surface area contributed by atoms with Crippen molar-refractivity contribution in [3.8, 4) is 0 Å². The van der Waals surface area contributed by atoms with Gasteiger partial charge in [0.1, 0.15) is 0 Å². The molecule has 0 bridgehead atoms. The van der Waals surface area contributed by atoms with Crippen LogP contribution in [0.5, 0.6) is 0 Å². The summed E-state index contributed by atoms with van der Waals surface area (Å²) in [5.74, 6) is -0.0460. The van der Waals surface area contributed by atoms with Crippen LogP contribution in [0.4, 0.5) is 0 Å². The van der Waals surface area contributed by atoms with Crippen LogP contribution in [-0.4, -0.2) is 31.0 Å². The number of thiophene rings is 1. The molecule has 0 saturated carbocycles. The third-order valence-corrected chi connectivity index (χ3v) is 7.34. The molecule has 0 spiro atoms. The number of carbonyl (C=O) groups excluding carboxylic acids is 1. The first kappa shape index (κ1) is 16.2. The van der Waals surface area contributed by atoms with Gasteiger partial charge >= 0.3 is 0 Å². The van der Waals surface area contributed by atoms with E-state index in [1.165, 1.54) is 22.6 Å². The van der Waals surface area contributed by atoms with Crippen LogP contribution in [0, 0.1) is 0 Å². The van der Waals surface area contributed by atoms with Crippen LogP contribution in [0.1, 0.15) is 34.6 Å². The van der Waals surface area contributed by atoms with Crippen molar-refractivity contribution in [1.82, 2.24) is 4.90 Å². The molecule has 0 atom stereocenters. The maximum Gasteiger partial charge on any atom is 0.254 e. The minimum absolute atomic E-state index is 0.0460. The molecule has 0 saturated heterocycles. The molecule has 2 heterocycles. The van der Waals surface area contributed by atoms with Crippen molar-refractivity contribution in [2.75, 3.05) is 6.54 Å². The Balaban J connectivity index is 1.79. The number of sulfone groups is 1. The number of carbonyl (C=O) groups is 1. The Kier molecular flexibility index (Phi) is 4.29. The highest BCUT2D eigenvalue weighted by molar-refractivity contribution is 7.92. The molecule has 0 fully saturated rings. The molecule has 2 aromatic rings. The zero-order valence-corrected chi connectivity index (χ0v) is 14.8. The summed E-state index contributed by atoms with van der Waals surface area (Å²) in [6.07, 6.45) is 0.887. The highest BCUT2D eigenvalue weighted by Crippen LogP contribution is 2.25. The summed E-state index contributed by atoms with van der Waals surface area (Å²) in [6.45, 7) is 4.64. The van der Waals surface area contributed by atoms with Gasteiger partial charge < -0.3 is 4.90 Å². The predicted octanol–water partition coefficient (Wildman–Crippen LogP) is 3.13. The van der Waals surface area contributed by atoms with Crippen LogP contribution in [0.25, 0.3) is 0 Å². The molecule has 1 aromatic carbocycles. The lowest BCUT2D eigenvalue weighted by Crippen LogP contribution is -2.35. The SMILES string of the molecule is CC(C)S(=O)(=O)c1ccc(C(=O)N2CCc3sccc3C2)cc1. The van der Waals surface area contributed by atoms with E-state index in [1.54, 1.807) is 37.3 Å². The van der Waals surface area contributed by atoms with E-state index in [4.69, 9.17) is 0 Å². The number of hydrogen-bond acceptors (Lipinski definition) is 4. The fourth-order valence-electron chi connectivity index (χ4n) is 2.66. The van der Waals surface area contributed by atoms with Gasteiger partial charge in [-0.15, -0.1) is 11.3 Å². The topological polar surface area (TPSA) is 54.5 Å². The Morgan fingerprint density at radius 3 is 2.52 bits per heavy atom. The molecule has 0 unspecified atom stereocenters. The van der Waals surface area contributed by atoms with E-state index in [-0.39, 0.29) is 10.8 Å². The second kappa shape index (κ2) is 6.09. The molecule has 1 aliphatic rings. The van der Waals surface area contributed by atoms with Crippen molar-refractivity contribution in [2.24, 2.45) is 0 Å². The molecule has 3 rings (SSSR count). The van der Waals surface area contributed by atoms with Gasteiger partial charge in [-0.3, -0.25) is 4.79 Å². The van der Waals surface area contributed by atoms with Crippen LogP contribution in [-0.2, 0) is 22.8 Å². The highest BCUT2D eigenvalue weighted by Gasteiger charge is 2.24. The average molecular weight is 349 g/mol. The number of amides is 1. The molecule has 0 aliphatic carbocycles. The summed E-state index contributed by atoms with van der Waals surface area (Å²) in [5, 5.41) is 1.59. The molecular formula is C17H19NO3S2. The van der Waals surface area contributed by atoms with Gasteiger partial charge in [-0.05, 0) is 61.5 Å². The number of benzene rings is 1. The Bertz CT molecular complexity index is 820. The van der Waals surface area contributed by atoms with Crippen LogP contribution in [0.3, 0.4) is 0 Å². The Labute approximate surface area is 140 Å². The minimum atomic E-state index is -3.30. The van der Waals surface area contributed by atoms with Gasteiger partial charge in [-0.25, -0.2) is 8.42 Å². The summed E-state index contributed by atoms with van der Waals surface area (Å²) in [4.78, 5) is 16.0. The lowest BCUT2D eigenvalue weighted by atomic mass is 10.1. The Morgan fingerprint density at radius 1 is 1.17 bits per heavy atom. The standard InChI is InChI=1S/C17H19NO3S2/c1-12(2)23(20,21)15-5-3-13(4-6-15)17(19)18-9-7-16-14(11-18)8-10-22-16/h3-6,8,10,12H,7,9,11H2,1-2H3. The summed E-state index contributed by atoms with van der Waals surface area (Å²) in [6, 6.07) is 8.35. The van der Waals surface area contributed by atoms with Gasteiger partial charge in [0.15, 0.2) is 9.84 Å². The molecule has 0 N–H and O–H groups in total. The van der Waals surface area contributed by atoms with Gasteiger partial charge in [0, 0.05) is 23.5 Å². The lowest BCUT2D eigenvalue weighted by Gasteiger charge is -2.27. The predicted molar refractivity (Wildman–Crippen MR) is 91.5 cm³/mol. The second-order valence-electron chi connectivity index (χ2n) is 5.96. The van der Waals surface area contributed by atoms with E-state index >= 15 is 0 Å². The monoisotopic (exact) mass is 349 g/mol. The number of nitrogens with zero attached hydrogens (tertiary/aromatic N) is 1. The van der Waals surface area contributed by atoms with Crippen LogP contribution in [0.2, 0.25) is 0 Å². The molecule has 0 radical (unpaired) electrons. The molecule has 1 aliphatic heterocycles. The van der Waals surface area contributed by atoms with Gasteiger partial charge in [-0.1, -0.05) is 0 Å². The summed E-state index contributed by atoms with van der Waals surface area (Å²) in [5.41, 5.74) is 1.75. The maximum atomic E-state index is 12.6. The second-order valence-corrected chi connectivity index (χ2v) is 9.47. The van der Waals surface area contributed by atoms with Gasteiger partial charge in [0.2, 0.25) is 0 Å². The van der Waals surface area contributed by atoms with Gasteiger partial charge in [0.25, 0.3) is 5.91 Å². The molecule has 1 aromatic heterocycles. The number of rotatable bonds is 3. The van der Waals surface area contributed by atoms with E-state index in [1.807, 2.05) is 4.90 Å². The molecule has 1 amide bonds. The smallest absolute Gasteiger partial charge is 0.254 e. The summed E-state index contributed by atoms with van der Waals surface area (Å²) < 4.78 is 24.3. The third-order valence-electron chi connectivity index (χ3n) is 4.15. The van der Waals surface area contributed by atoms with Gasteiger partial charge in [0.05, 0.1) is 10.1 Å². The lowest BCUT2D eigenvalue weighted by molar-refractivity contribution is 0.0736. The molecule has 23 heavy (non-hydrogen) atoms. The average Bonchev–Trinajstić information content (AvgIpc) is 3.01. The van der Waals surface area contributed by atoms with E-state index in [2.05, 4.69) is 11.4 Å². The first-order valence-electron chi connectivity index (χ1n) is 7.58. The quantitative estimate of drug-likeness (QED) is 0.855. The summed E-state index contributed by atoms with van der Waals surface area (Å²) >= 11 is 1.74. The first-order valence-corrected chi connectivity index (χ1v) is 10.0. The van der Waals surface area contributed by atoms with Crippen molar-refractivity contribution in [2.45, 2.75) is 37.0 Å². The van der Waals surface area contributed by atoms with Gasteiger partial charge in [-0.2, -0.15) is 0 Å². The number of hydrogen-bond donors (Lipinski definition) is 0. The van der Waals surface area contributed by atoms with Crippen LogP contribution < -0.4 is 0 Å². The molecule has 4 nitrogen and oxygen atoms in total. The van der Waals surface area contributed by atoms with E-state index in [0.717, 1.165) is 6.42 Å². The van der Waals surface area contributed by atoms with Crippen molar-refractivity contribution >= 4 is 27.1 Å².